The minimum Gasteiger partial charge on any atom is -0.453 e. The van der Waals surface area contributed by atoms with Gasteiger partial charge in [0.2, 0.25) is 11.8 Å². The molecule has 4 N–H and O–H groups in total. The van der Waals surface area contributed by atoms with Gasteiger partial charge in [-0.15, -0.1) is 0 Å². The lowest BCUT2D eigenvalue weighted by atomic mass is 9.95. The number of nitrogens with two attached hydrogens (primary N) is 1. The fraction of sp³-hybridized carbons (Fsp3) is 0.486. The van der Waals surface area contributed by atoms with Gasteiger partial charge in [0.1, 0.15) is 12.1 Å². The molecule has 0 radical (unpaired) electrons. The molecule has 3 amide bonds. The van der Waals surface area contributed by atoms with Crippen molar-refractivity contribution >= 4 is 29.3 Å². The smallest absolute Gasteiger partial charge is 0.407 e. The summed E-state index contributed by atoms with van der Waals surface area (Å²) in [7, 11) is 1.27. The summed E-state index contributed by atoms with van der Waals surface area (Å²) in [5, 5.41) is 5.82. The number of methoxy groups -OCH3 is 1. The molecule has 46 heavy (non-hydrogen) atoms. The molecule has 9 heteroatoms. The van der Waals surface area contributed by atoms with Gasteiger partial charge in [-0.25, -0.2) is 4.79 Å². The number of nitrogens with one attached hydrogen (secondary N) is 2. The highest BCUT2D eigenvalue weighted by atomic mass is 16.5. The highest BCUT2D eigenvalue weighted by molar-refractivity contribution is 5.92. The largest absolute Gasteiger partial charge is 0.453 e. The molecule has 0 aromatic heterocycles. The van der Waals surface area contributed by atoms with Crippen LogP contribution in [0.5, 0.6) is 0 Å². The summed E-state index contributed by atoms with van der Waals surface area (Å²) in [4.78, 5) is 43.0. The number of amides is 3. The Hall–Kier alpha value is -4.27. The van der Waals surface area contributed by atoms with Gasteiger partial charge in [-0.3, -0.25) is 9.59 Å². The van der Waals surface area contributed by atoms with Crippen LogP contribution in [-0.2, 0) is 14.3 Å². The molecule has 2 aliphatic carbocycles. The number of likely N-dealkylation sites (tertiary alicyclic amines) is 1. The molecule has 9 nitrogen and oxygen atoms in total. The first-order valence-electron chi connectivity index (χ1n) is 16.8. The summed E-state index contributed by atoms with van der Waals surface area (Å²) in [5.41, 5.74) is 12.0. The molecule has 4 aliphatic rings. The average molecular weight is 626 g/mol. The average Bonchev–Trinajstić information content (AvgIpc) is 3.62. The zero-order chi connectivity index (χ0) is 32.4. The third kappa shape index (κ3) is 6.78. The van der Waals surface area contributed by atoms with E-state index in [0.717, 1.165) is 30.9 Å². The second kappa shape index (κ2) is 13.6. The standard InChI is InChI=1S/C37H47N5O4/c1-23(2)34(40-37(45)46-3)36(44)41-22-4-5-33(41)35(43)39-29-16-10-27(11-17-29)32-21-20-31(26-8-14-28(38)15-9-26)42(32)30-18-12-25(13-19-30)24-6-7-24/h8-16,18-19,23-24,29,31-34H,4-7,17,20-22,38H2,1-3H3,(H,39,43)(H,40,45)/t29?,31-,32-,33+,34+/m1/s1. The van der Waals surface area contributed by atoms with Gasteiger partial charge in [0, 0.05) is 17.9 Å². The van der Waals surface area contributed by atoms with E-state index in [1.54, 1.807) is 4.90 Å². The summed E-state index contributed by atoms with van der Waals surface area (Å²) in [5.74, 6) is 0.169. The van der Waals surface area contributed by atoms with Gasteiger partial charge >= 0.3 is 6.09 Å². The van der Waals surface area contributed by atoms with E-state index in [9.17, 15) is 14.4 Å². The molecule has 1 unspecified atom stereocenters. The normalized spacial score (nSPS) is 24.9. The van der Waals surface area contributed by atoms with Crippen LogP contribution in [0.15, 0.2) is 72.3 Å². The molecule has 2 aromatic carbocycles. The van der Waals surface area contributed by atoms with Crippen LogP contribution >= 0.6 is 0 Å². The Morgan fingerprint density at radius 2 is 1.61 bits per heavy atom. The quantitative estimate of drug-likeness (QED) is 0.313. The maximum atomic E-state index is 13.5. The number of carbonyl (C=O) groups excluding carboxylic acids is 3. The van der Waals surface area contributed by atoms with Gasteiger partial charge in [-0.05, 0) is 97.7 Å². The summed E-state index contributed by atoms with van der Waals surface area (Å²) in [6.45, 7) is 4.22. The highest BCUT2D eigenvalue weighted by Gasteiger charge is 2.40. The lowest BCUT2D eigenvalue weighted by Crippen LogP contribution is -2.55. The zero-order valence-electron chi connectivity index (χ0n) is 27.2. The van der Waals surface area contributed by atoms with Crippen LogP contribution in [0.3, 0.4) is 0 Å². The van der Waals surface area contributed by atoms with Crippen molar-refractivity contribution < 1.29 is 19.1 Å². The molecule has 6 rings (SSSR count). The number of nitrogen functional groups attached to an aromatic ring is 1. The number of alkyl carbamates (subject to hydrolysis) is 1. The van der Waals surface area contributed by atoms with Crippen molar-refractivity contribution in [1.82, 2.24) is 15.5 Å². The van der Waals surface area contributed by atoms with E-state index < -0.39 is 18.2 Å². The highest BCUT2D eigenvalue weighted by Crippen LogP contribution is 2.45. The fourth-order valence-electron chi connectivity index (χ4n) is 7.33. The van der Waals surface area contributed by atoms with Gasteiger partial charge in [-0.2, -0.15) is 0 Å². The molecule has 3 fully saturated rings. The van der Waals surface area contributed by atoms with Gasteiger partial charge in [0.15, 0.2) is 0 Å². The second-order valence-corrected chi connectivity index (χ2v) is 13.5. The Bertz CT molecular complexity index is 1480. The molecular weight excluding hydrogens is 578 g/mol. The minimum absolute atomic E-state index is 0.147. The predicted octanol–water partition coefficient (Wildman–Crippen LogP) is 5.60. The van der Waals surface area contributed by atoms with E-state index in [1.165, 1.54) is 42.3 Å². The van der Waals surface area contributed by atoms with Gasteiger partial charge < -0.3 is 30.9 Å². The number of benzene rings is 2. The topological polar surface area (TPSA) is 117 Å². The van der Waals surface area contributed by atoms with E-state index in [0.29, 0.717) is 19.4 Å². The van der Waals surface area contributed by atoms with Crippen molar-refractivity contribution in [2.75, 3.05) is 24.3 Å². The Morgan fingerprint density at radius 3 is 2.24 bits per heavy atom. The Morgan fingerprint density at radius 1 is 0.913 bits per heavy atom. The van der Waals surface area contributed by atoms with Crippen LogP contribution in [0, 0.1) is 5.92 Å². The summed E-state index contributed by atoms with van der Waals surface area (Å²) < 4.78 is 4.72. The number of hydrogen-bond donors (Lipinski definition) is 3. The molecule has 2 heterocycles. The summed E-state index contributed by atoms with van der Waals surface area (Å²) >= 11 is 0. The number of hydrogen-bond acceptors (Lipinski definition) is 6. The Kier molecular flexibility index (Phi) is 9.38. The molecule has 2 aliphatic heterocycles. The van der Waals surface area contributed by atoms with Crippen LogP contribution in [0.2, 0.25) is 0 Å². The van der Waals surface area contributed by atoms with E-state index in [-0.39, 0.29) is 35.9 Å². The monoisotopic (exact) mass is 625 g/mol. The molecule has 5 atom stereocenters. The van der Waals surface area contributed by atoms with Crippen LogP contribution in [0.1, 0.15) is 81.9 Å². The van der Waals surface area contributed by atoms with Gasteiger partial charge in [0.25, 0.3) is 0 Å². The fourth-order valence-corrected chi connectivity index (χ4v) is 7.33. The summed E-state index contributed by atoms with van der Waals surface area (Å²) in [6, 6.07) is 16.4. The first kappa shape index (κ1) is 31.7. The maximum Gasteiger partial charge on any atom is 0.407 e. The van der Waals surface area contributed by atoms with Crippen LogP contribution in [0.25, 0.3) is 0 Å². The molecule has 2 aromatic rings. The molecule has 2 saturated heterocycles. The number of ether oxygens (including phenoxy) is 1. The van der Waals surface area contributed by atoms with E-state index in [4.69, 9.17) is 10.5 Å². The number of anilines is 2. The Balaban J connectivity index is 1.13. The van der Waals surface area contributed by atoms with E-state index in [2.05, 4.69) is 70.2 Å². The SMILES string of the molecule is COC(=O)N[C@H](C(=O)N1CCC[C@H]1C(=O)NC1C=CC([C@H]2CC[C@H](c3ccc(N)cc3)N2c2ccc(C3CC3)cc2)=CC1)C(C)C. The number of nitrogens with zero attached hydrogens (tertiary/aromatic N) is 2. The van der Waals surface area contributed by atoms with Crippen molar-refractivity contribution in [3.05, 3.63) is 83.5 Å². The number of rotatable bonds is 9. The predicted molar refractivity (Wildman–Crippen MR) is 180 cm³/mol. The first-order chi connectivity index (χ1) is 22.2. The minimum atomic E-state index is -0.753. The van der Waals surface area contributed by atoms with Crippen molar-refractivity contribution in [1.29, 1.82) is 0 Å². The molecule has 0 bridgehead atoms. The molecular formula is C37H47N5O4. The molecule has 244 valence electrons. The van der Waals surface area contributed by atoms with Crippen molar-refractivity contribution in [3.63, 3.8) is 0 Å². The maximum absolute atomic E-state index is 13.5. The third-order valence-corrected chi connectivity index (χ3v) is 10.0. The third-order valence-electron chi connectivity index (χ3n) is 10.0. The van der Waals surface area contributed by atoms with Crippen molar-refractivity contribution in [2.24, 2.45) is 5.92 Å². The molecule has 1 saturated carbocycles. The van der Waals surface area contributed by atoms with E-state index >= 15 is 0 Å². The van der Waals surface area contributed by atoms with Gasteiger partial charge in [-0.1, -0.05) is 56.3 Å². The van der Waals surface area contributed by atoms with Crippen LogP contribution < -0.4 is 21.3 Å². The lowest BCUT2D eigenvalue weighted by Gasteiger charge is -2.35. The van der Waals surface area contributed by atoms with Gasteiger partial charge in [0.05, 0.1) is 25.2 Å². The first-order valence-corrected chi connectivity index (χ1v) is 16.8. The lowest BCUT2D eigenvalue weighted by molar-refractivity contribution is -0.140. The van der Waals surface area contributed by atoms with Crippen LogP contribution in [-0.4, -0.2) is 60.6 Å². The summed E-state index contributed by atoms with van der Waals surface area (Å²) in [6.07, 6.45) is 12.5. The van der Waals surface area contributed by atoms with Crippen molar-refractivity contribution in [3.8, 4) is 0 Å². The van der Waals surface area contributed by atoms with Crippen LogP contribution in [0.4, 0.5) is 16.2 Å². The second-order valence-electron chi connectivity index (χ2n) is 13.5. The Labute approximate surface area is 272 Å². The molecule has 0 spiro atoms. The number of carbonyl (C=O) groups is 3. The van der Waals surface area contributed by atoms with E-state index in [1.807, 2.05) is 26.0 Å². The van der Waals surface area contributed by atoms with Crippen molar-refractivity contribution in [2.45, 2.75) is 94.9 Å². The zero-order valence-corrected chi connectivity index (χ0v) is 27.2.